The molecule has 3 heterocycles. The average molecular weight is 287 g/mol. The summed E-state index contributed by atoms with van der Waals surface area (Å²) in [5.41, 5.74) is 0. The van der Waals surface area contributed by atoms with Crippen molar-refractivity contribution >= 4 is 0 Å². The van der Waals surface area contributed by atoms with Crippen LogP contribution in [0, 0.1) is 0 Å². The first kappa shape index (κ1) is 14.7. The van der Waals surface area contributed by atoms with E-state index in [2.05, 4.69) is 12.2 Å². The van der Waals surface area contributed by atoms with Crippen molar-refractivity contribution in [3.8, 4) is 0 Å². The van der Waals surface area contributed by atoms with Crippen molar-refractivity contribution in [3.05, 3.63) is 0 Å². The highest BCUT2D eigenvalue weighted by Gasteiger charge is 2.57. The molecule has 116 valence electrons. The first-order valence-corrected chi connectivity index (χ1v) is 7.37. The van der Waals surface area contributed by atoms with E-state index in [1.165, 1.54) is 0 Å². The van der Waals surface area contributed by atoms with Gasteiger partial charge in [0.2, 0.25) is 0 Å². The lowest BCUT2D eigenvalue weighted by molar-refractivity contribution is -0.223. The summed E-state index contributed by atoms with van der Waals surface area (Å²) in [6.45, 7) is 11.1. The molecule has 3 fully saturated rings. The maximum Gasteiger partial charge on any atom is 0.189 e. The Balaban J connectivity index is 1.73. The fourth-order valence-electron chi connectivity index (χ4n) is 3.20. The van der Waals surface area contributed by atoms with Crippen LogP contribution in [0.15, 0.2) is 0 Å². The molecule has 0 amide bonds. The molecule has 3 saturated heterocycles. The zero-order valence-corrected chi connectivity index (χ0v) is 12.8. The third-order valence-electron chi connectivity index (χ3n) is 3.92. The van der Waals surface area contributed by atoms with Crippen molar-refractivity contribution in [1.82, 2.24) is 5.32 Å². The second-order valence-corrected chi connectivity index (χ2v) is 6.52. The van der Waals surface area contributed by atoms with Crippen LogP contribution in [0.3, 0.4) is 0 Å². The normalized spacial score (nSPS) is 45.8. The van der Waals surface area contributed by atoms with Gasteiger partial charge in [0.25, 0.3) is 0 Å². The summed E-state index contributed by atoms with van der Waals surface area (Å²) in [6, 6.07) is 0.0503. The number of ether oxygens (including phenoxy) is 5. The van der Waals surface area contributed by atoms with Gasteiger partial charge in [-0.05, 0) is 34.2 Å². The first-order valence-electron chi connectivity index (χ1n) is 7.37. The van der Waals surface area contributed by atoms with E-state index in [4.69, 9.17) is 23.7 Å². The summed E-state index contributed by atoms with van der Waals surface area (Å²) >= 11 is 0. The molecule has 3 aliphatic rings. The Bertz CT molecular complexity index is 373. The van der Waals surface area contributed by atoms with E-state index in [0.29, 0.717) is 6.61 Å². The van der Waals surface area contributed by atoms with Crippen LogP contribution >= 0.6 is 0 Å². The van der Waals surface area contributed by atoms with Gasteiger partial charge < -0.3 is 29.0 Å². The molecular weight excluding hydrogens is 262 g/mol. The summed E-state index contributed by atoms with van der Waals surface area (Å²) in [7, 11) is 0. The highest BCUT2D eigenvalue weighted by atomic mass is 16.8. The molecule has 0 spiro atoms. The Morgan fingerprint density at radius 1 is 1.00 bits per heavy atom. The van der Waals surface area contributed by atoms with Gasteiger partial charge in [0.1, 0.15) is 18.3 Å². The van der Waals surface area contributed by atoms with E-state index in [1.807, 2.05) is 27.7 Å². The van der Waals surface area contributed by atoms with E-state index in [1.54, 1.807) is 0 Å². The molecule has 0 aromatic carbocycles. The topological polar surface area (TPSA) is 58.2 Å². The van der Waals surface area contributed by atoms with E-state index in [-0.39, 0.29) is 30.6 Å². The lowest BCUT2D eigenvalue weighted by atomic mass is 10.0. The number of hydrogen-bond acceptors (Lipinski definition) is 6. The maximum absolute atomic E-state index is 6.05. The summed E-state index contributed by atoms with van der Waals surface area (Å²) in [5.74, 6) is -1.15. The minimum Gasteiger partial charge on any atom is -0.348 e. The van der Waals surface area contributed by atoms with Crippen LogP contribution in [0.2, 0.25) is 0 Å². The fourth-order valence-corrected chi connectivity index (χ4v) is 3.20. The predicted octanol–water partition coefficient (Wildman–Crippen LogP) is 0.992. The summed E-state index contributed by atoms with van der Waals surface area (Å²) in [5, 5.41) is 3.44. The quantitative estimate of drug-likeness (QED) is 0.835. The van der Waals surface area contributed by atoms with Crippen LogP contribution in [0.5, 0.6) is 0 Å². The first-order chi connectivity index (χ1) is 9.31. The number of rotatable bonds is 3. The highest BCUT2D eigenvalue weighted by molar-refractivity contribution is 5.01. The van der Waals surface area contributed by atoms with Gasteiger partial charge in [-0.1, -0.05) is 6.92 Å². The Kier molecular flexibility index (Phi) is 3.60. The van der Waals surface area contributed by atoms with Crippen LogP contribution in [0.4, 0.5) is 0 Å². The summed E-state index contributed by atoms with van der Waals surface area (Å²) in [4.78, 5) is 0. The van der Waals surface area contributed by atoms with Gasteiger partial charge in [0.05, 0.1) is 12.6 Å². The molecule has 0 saturated carbocycles. The molecule has 5 atom stereocenters. The van der Waals surface area contributed by atoms with Gasteiger partial charge in [-0.25, -0.2) is 0 Å². The van der Waals surface area contributed by atoms with Crippen LogP contribution in [-0.4, -0.2) is 55.4 Å². The summed E-state index contributed by atoms with van der Waals surface area (Å²) in [6.07, 6.45) is -0.675. The lowest BCUT2D eigenvalue weighted by Crippen LogP contribution is -2.50. The van der Waals surface area contributed by atoms with E-state index >= 15 is 0 Å². The highest BCUT2D eigenvalue weighted by Crippen LogP contribution is 2.40. The van der Waals surface area contributed by atoms with Crippen molar-refractivity contribution < 1.29 is 23.7 Å². The van der Waals surface area contributed by atoms with E-state index in [0.717, 1.165) is 6.54 Å². The third-order valence-corrected chi connectivity index (χ3v) is 3.92. The van der Waals surface area contributed by atoms with Crippen molar-refractivity contribution in [2.24, 2.45) is 0 Å². The average Bonchev–Trinajstić information content (AvgIpc) is 2.91. The molecule has 20 heavy (non-hydrogen) atoms. The van der Waals surface area contributed by atoms with Gasteiger partial charge in [-0.15, -0.1) is 0 Å². The molecule has 3 rings (SSSR count). The Morgan fingerprint density at radius 2 is 1.75 bits per heavy atom. The molecule has 0 radical (unpaired) electrons. The van der Waals surface area contributed by atoms with Crippen LogP contribution in [0.1, 0.15) is 34.6 Å². The fraction of sp³-hybridized carbons (Fsp3) is 1.00. The van der Waals surface area contributed by atoms with Crippen molar-refractivity contribution in [2.75, 3.05) is 13.2 Å². The van der Waals surface area contributed by atoms with Gasteiger partial charge in [0, 0.05) is 0 Å². The molecule has 0 aromatic heterocycles. The number of hydrogen-bond donors (Lipinski definition) is 1. The van der Waals surface area contributed by atoms with Crippen molar-refractivity contribution in [2.45, 2.75) is 76.8 Å². The molecule has 6 nitrogen and oxygen atoms in total. The smallest absolute Gasteiger partial charge is 0.189 e. The number of nitrogens with one attached hydrogen (secondary N) is 1. The number of fused-ring (bicyclic) bond motifs is 1. The van der Waals surface area contributed by atoms with Gasteiger partial charge in [-0.3, -0.25) is 0 Å². The molecule has 3 aliphatic heterocycles. The second kappa shape index (κ2) is 4.90. The molecular formula is C14H25NO5. The van der Waals surface area contributed by atoms with Crippen molar-refractivity contribution in [1.29, 1.82) is 0 Å². The SMILES string of the molecule is CCN[C@@H]1[C@@H]([C@H]2COC(C)(C)O2)OC2OC(C)(C)O[C@@H]21. The van der Waals surface area contributed by atoms with E-state index in [9.17, 15) is 0 Å². The molecule has 1 unspecified atom stereocenters. The Labute approximate surface area is 120 Å². The molecule has 6 heteroatoms. The molecule has 1 N–H and O–H groups in total. The van der Waals surface area contributed by atoms with Gasteiger partial charge in [0.15, 0.2) is 17.9 Å². The lowest BCUT2D eigenvalue weighted by Gasteiger charge is -2.29. The number of likely N-dealkylation sites (N-methyl/N-ethyl adjacent to an activating group) is 1. The molecule has 0 aromatic rings. The Morgan fingerprint density at radius 3 is 2.35 bits per heavy atom. The monoisotopic (exact) mass is 287 g/mol. The molecule has 0 aliphatic carbocycles. The maximum atomic E-state index is 6.05. The molecule has 0 bridgehead atoms. The van der Waals surface area contributed by atoms with Gasteiger partial charge in [-0.2, -0.15) is 0 Å². The van der Waals surface area contributed by atoms with Crippen LogP contribution in [0.25, 0.3) is 0 Å². The minimum absolute atomic E-state index is 0.0503. The van der Waals surface area contributed by atoms with Crippen molar-refractivity contribution in [3.63, 3.8) is 0 Å². The second-order valence-electron chi connectivity index (χ2n) is 6.52. The minimum atomic E-state index is -0.597. The summed E-state index contributed by atoms with van der Waals surface area (Å²) < 4.78 is 29.4. The Hall–Kier alpha value is -0.240. The zero-order chi connectivity index (χ0) is 14.5. The van der Waals surface area contributed by atoms with Crippen LogP contribution in [-0.2, 0) is 23.7 Å². The predicted molar refractivity (Wildman–Crippen MR) is 71.1 cm³/mol. The van der Waals surface area contributed by atoms with E-state index < -0.39 is 11.6 Å². The van der Waals surface area contributed by atoms with Gasteiger partial charge >= 0.3 is 0 Å². The zero-order valence-electron chi connectivity index (χ0n) is 12.8. The standard InChI is InChI=1S/C14H25NO5/c1-6-15-9-10(8-7-16-13(2,3)18-8)17-12-11(9)19-14(4,5)20-12/h8-12,15H,6-7H2,1-5H3/t8-,9-,10-,11-,12?/m1/s1. The van der Waals surface area contributed by atoms with Crippen LogP contribution < -0.4 is 5.32 Å². The third kappa shape index (κ3) is 2.61. The largest absolute Gasteiger partial charge is 0.348 e.